The molecule has 0 saturated heterocycles. The number of pyridine rings is 1. The molecule has 0 spiro atoms. The zero-order chi connectivity index (χ0) is 23.1. The molecule has 178 valence electrons. The second-order valence-electron chi connectivity index (χ2n) is 9.67. The number of hydrogen-bond acceptors (Lipinski definition) is 5. The first kappa shape index (κ1) is 25.2. The standard InChI is InChI=1S/C23H36ClN3O4Si/c1-29-11-12-31-18-7-5-17(6-8-18)25-23(28)19-15-21(24)26-20-9-10-27(22(19)20)16-30-13-14-32(2,3)4/h9-10,15,17-18H,5-8,11-14,16H2,1-4H3,(H,25,28)/t17-,18-. The van der Waals surface area contributed by atoms with Crippen LogP contribution in [0.1, 0.15) is 36.0 Å². The summed E-state index contributed by atoms with van der Waals surface area (Å²) in [7, 11) is 0.522. The van der Waals surface area contributed by atoms with Crippen molar-refractivity contribution >= 4 is 36.6 Å². The third-order valence-corrected chi connectivity index (χ3v) is 7.71. The van der Waals surface area contributed by atoms with E-state index in [4.69, 9.17) is 25.8 Å². The SMILES string of the molecule is COCCO[C@H]1CC[C@H](NC(=O)c2cc(Cl)nc3ccn(COCC[Si](C)(C)C)c23)CC1. The number of methoxy groups -OCH3 is 1. The molecule has 0 atom stereocenters. The Morgan fingerprint density at radius 3 is 2.66 bits per heavy atom. The monoisotopic (exact) mass is 481 g/mol. The molecule has 1 aliphatic carbocycles. The van der Waals surface area contributed by atoms with Crippen LogP contribution in [0.4, 0.5) is 0 Å². The van der Waals surface area contributed by atoms with Gasteiger partial charge in [0, 0.05) is 34.0 Å². The van der Waals surface area contributed by atoms with Crippen LogP contribution in [0.3, 0.4) is 0 Å². The Kier molecular flexibility index (Phi) is 9.13. The predicted molar refractivity (Wildman–Crippen MR) is 130 cm³/mol. The van der Waals surface area contributed by atoms with E-state index in [0.29, 0.717) is 42.8 Å². The minimum atomic E-state index is -1.15. The zero-order valence-corrected chi connectivity index (χ0v) is 21.4. The van der Waals surface area contributed by atoms with Gasteiger partial charge in [-0.25, -0.2) is 4.98 Å². The Morgan fingerprint density at radius 1 is 1.22 bits per heavy atom. The number of nitrogens with zero attached hydrogens (tertiary/aromatic N) is 2. The van der Waals surface area contributed by atoms with Crippen LogP contribution in [-0.2, 0) is 20.9 Å². The van der Waals surface area contributed by atoms with Crippen molar-refractivity contribution in [1.82, 2.24) is 14.9 Å². The first-order valence-corrected chi connectivity index (χ1v) is 15.5. The van der Waals surface area contributed by atoms with Gasteiger partial charge >= 0.3 is 0 Å². The van der Waals surface area contributed by atoms with Crippen molar-refractivity contribution in [2.24, 2.45) is 0 Å². The van der Waals surface area contributed by atoms with Crippen molar-refractivity contribution in [2.45, 2.75) is 70.2 Å². The van der Waals surface area contributed by atoms with Crippen LogP contribution in [0.25, 0.3) is 11.0 Å². The summed E-state index contributed by atoms with van der Waals surface area (Å²) in [6.45, 7) is 9.31. The molecule has 0 bridgehead atoms. The smallest absolute Gasteiger partial charge is 0.253 e. The third-order valence-electron chi connectivity index (χ3n) is 5.81. The maximum absolute atomic E-state index is 13.2. The maximum atomic E-state index is 13.2. The van der Waals surface area contributed by atoms with Crippen molar-refractivity contribution < 1.29 is 19.0 Å². The van der Waals surface area contributed by atoms with E-state index < -0.39 is 8.07 Å². The summed E-state index contributed by atoms with van der Waals surface area (Å²) >= 11 is 6.22. The summed E-state index contributed by atoms with van der Waals surface area (Å²) < 4.78 is 18.7. The molecule has 7 nitrogen and oxygen atoms in total. The van der Waals surface area contributed by atoms with Gasteiger partial charge in [0.1, 0.15) is 11.9 Å². The molecule has 0 aromatic carbocycles. The number of rotatable bonds is 11. The first-order chi connectivity index (χ1) is 15.3. The number of halogens is 1. The van der Waals surface area contributed by atoms with Crippen LogP contribution in [0.15, 0.2) is 18.3 Å². The molecule has 32 heavy (non-hydrogen) atoms. The van der Waals surface area contributed by atoms with Crippen LogP contribution >= 0.6 is 11.6 Å². The summed E-state index contributed by atoms with van der Waals surface area (Å²) in [5, 5.41) is 3.51. The number of carbonyl (C=O) groups is 1. The quantitative estimate of drug-likeness (QED) is 0.286. The van der Waals surface area contributed by atoms with Crippen molar-refractivity contribution in [3.8, 4) is 0 Å². The largest absolute Gasteiger partial charge is 0.382 e. The lowest BCUT2D eigenvalue weighted by Gasteiger charge is -2.29. The fourth-order valence-corrected chi connectivity index (χ4v) is 4.89. The highest BCUT2D eigenvalue weighted by atomic mass is 35.5. The highest BCUT2D eigenvalue weighted by Crippen LogP contribution is 2.25. The minimum Gasteiger partial charge on any atom is -0.382 e. The van der Waals surface area contributed by atoms with Gasteiger partial charge in [-0.05, 0) is 43.9 Å². The Bertz CT molecular complexity index is 891. The molecule has 1 aliphatic rings. The van der Waals surface area contributed by atoms with Gasteiger partial charge < -0.3 is 24.1 Å². The van der Waals surface area contributed by atoms with E-state index in [2.05, 4.69) is 29.9 Å². The topological polar surface area (TPSA) is 74.6 Å². The average Bonchev–Trinajstić information content (AvgIpc) is 3.14. The Balaban J connectivity index is 1.63. The van der Waals surface area contributed by atoms with Gasteiger partial charge in [-0.15, -0.1) is 0 Å². The lowest BCUT2D eigenvalue weighted by atomic mass is 9.92. The van der Waals surface area contributed by atoms with E-state index in [9.17, 15) is 4.79 Å². The highest BCUT2D eigenvalue weighted by molar-refractivity contribution is 6.76. The van der Waals surface area contributed by atoms with Gasteiger partial charge in [0.2, 0.25) is 0 Å². The number of carbonyl (C=O) groups excluding carboxylic acids is 1. The van der Waals surface area contributed by atoms with Crippen LogP contribution in [0.5, 0.6) is 0 Å². The van der Waals surface area contributed by atoms with E-state index in [1.807, 2.05) is 16.8 Å². The lowest BCUT2D eigenvalue weighted by Crippen LogP contribution is -2.39. The fraction of sp³-hybridized carbons (Fsp3) is 0.652. The molecule has 0 unspecified atom stereocenters. The molecule has 0 aliphatic heterocycles. The molecule has 2 aromatic rings. The van der Waals surface area contributed by atoms with Crippen molar-refractivity contribution in [3.63, 3.8) is 0 Å². The number of fused-ring (bicyclic) bond motifs is 1. The van der Waals surface area contributed by atoms with Crippen LogP contribution in [0, 0.1) is 0 Å². The van der Waals surface area contributed by atoms with Crippen LogP contribution < -0.4 is 5.32 Å². The van der Waals surface area contributed by atoms with Gasteiger partial charge in [-0.2, -0.15) is 0 Å². The van der Waals surface area contributed by atoms with Gasteiger partial charge in [-0.1, -0.05) is 31.2 Å². The van der Waals surface area contributed by atoms with E-state index >= 15 is 0 Å². The number of aromatic nitrogens is 2. The highest BCUT2D eigenvalue weighted by Gasteiger charge is 2.25. The van der Waals surface area contributed by atoms with E-state index in [1.165, 1.54) is 0 Å². The number of hydrogen-bond donors (Lipinski definition) is 1. The van der Waals surface area contributed by atoms with E-state index in [0.717, 1.165) is 37.2 Å². The zero-order valence-electron chi connectivity index (χ0n) is 19.7. The molecular weight excluding hydrogens is 446 g/mol. The third kappa shape index (κ3) is 7.28. The first-order valence-electron chi connectivity index (χ1n) is 11.4. The van der Waals surface area contributed by atoms with Crippen LogP contribution in [0.2, 0.25) is 30.8 Å². The average molecular weight is 482 g/mol. The molecular formula is C23H36ClN3O4Si. The second kappa shape index (κ2) is 11.6. The fourth-order valence-electron chi connectivity index (χ4n) is 3.94. The molecule has 1 saturated carbocycles. The molecule has 0 radical (unpaired) electrons. The number of amides is 1. The molecule has 2 heterocycles. The van der Waals surface area contributed by atoms with Gasteiger partial charge in [0.05, 0.1) is 35.9 Å². The summed E-state index contributed by atoms with van der Waals surface area (Å²) in [4.78, 5) is 17.6. The number of nitrogens with one attached hydrogen (secondary N) is 1. The minimum absolute atomic E-state index is 0.120. The van der Waals surface area contributed by atoms with Gasteiger partial charge in [0.15, 0.2) is 0 Å². The lowest BCUT2D eigenvalue weighted by molar-refractivity contribution is -0.00408. The maximum Gasteiger partial charge on any atom is 0.253 e. The molecule has 1 N–H and O–H groups in total. The Hall–Kier alpha value is -1.45. The summed E-state index contributed by atoms with van der Waals surface area (Å²) in [6, 6.07) is 4.75. The summed E-state index contributed by atoms with van der Waals surface area (Å²) in [5.41, 5.74) is 2.00. The van der Waals surface area contributed by atoms with Crippen LogP contribution in [-0.4, -0.2) is 62.6 Å². The summed E-state index contributed by atoms with van der Waals surface area (Å²) in [5.74, 6) is -0.120. The van der Waals surface area contributed by atoms with E-state index in [1.54, 1.807) is 13.2 Å². The predicted octanol–water partition coefficient (Wildman–Crippen LogP) is 4.71. The van der Waals surface area contributed by atoms with Crippen molar-refractivity contribution in [2.75, 3.05) is 26.9 Å². The molecule has 3 rings (SSSR count). The normalized spacial score (nSPS) is 19.4. The molecule has 9 heteroatoms. The van der Waals surface area contributed by atoms with E-state index in [-0.39, 0.29) is 18.1 Å². The number of ether oxygens (including phenoxy) is 3. The molecule has 1 fully saturated rings. The van der Waals surface area contributed by atoms with Gasteiger partial charge in [-0.3, -0.25) is 4.79 Å². The molecule has 2 aromatic heterocycles. The summed E-state index contributed by atoms with van der Waals surface area (Å²) in [6.07, 6.45) is 5.80. The van der Waals surface area contributed by atoms with Gasteiger partial charge in [0.25, 0.3) is 5.91 Å². The Labute approximate surface area is 196 Å². The second-order valence-corrected chi connectivity index (χ2v) is 15.7. The molecule has 1 amide bonds. The Morgan fingerprint density at radius 2 is 1.97 bits per heavy atom. The van der Waals surface area contributed by atoms with Crippen molar-refractivity contribution in [3.05, 3.63) is 29.0 Å². The van der Waals surface area contributed by atoms with Crippen molar-refractivity contribution in [1.29, 1.82) is 0 Å².